The molecule has 70 valence electrons. The molecule has 0 fully saturated rings. The van der Waals surface area contributed by atoms with Crippen molar-refractivity contribution in [3.05, 3.63) is 29.8 Å². The van der Waals surface area contributed by atoms with Crippen molar-refractivity contribution in [2.75, 3.05) is 6.61 Å². The van der Waals surface area contributed by atoms with Crippen LogP contribution in [0, 0.1) is 0 Å². The number of carbonyl (C=O) groups excluding carboxylic acids is 1. The van der Waals surface area contributed by atoms with E-state index in [1.807, 2.05) is 6.92 Å². The summed E-state index contributed by atoms with van der Waals surface area (Å²) in [4.78, 5) is 10.5. The maximum absolute atomic E-state index is 10.5. The summed E-state index contributed by atoms with van der Waals surface area (Å²) in [6.07, 6.45) is 0.898. The summed E-state index contributed by atoms with van der Waals surface area (Å²) in [5.41, 5.74) is 0.147. The Morgan fingerprint density at radius 2 is 2.31 bits per heavy atom. The minimum absolute atomic E-state index is 0.147. The molecule has 1 aromatic rings. The van der Waals surface area contributed by atoms with Gasteiger partial charge in [0.1, 0.15) is 5.75 Å². The highest BCUT2D eigenvalue weighted by Gasteiger charge is 1.96. The number of hydrogen-bond donors (Lipinski definition) is 0. The van der Waals surface area contributed by atoms with Crippen molar-refractivity contribution in [3.8, 4) is 5.75 Å². The number of benzene rings is 1. The van der Waals surface area contributed by atoms with Gasteiger partial charge in [0.25, 0.3) is 0 Å². The predicted octanol–water partition coefficient (Wildman–Crippen LogP) is 0.839. The molecule has 0 N–H and O–H groups in total. The molecule has 0 spiro atoms. The summed E-state index contributed by atoms with van der Waals surface area (Å²) in [7, 11) is 0. The number of ether oxygens (including phenoxy) is 1. The van der Waals surface area contributed by atoms with E-state index in [4.69, 9.17) is 4.74 Å². The number of carboxylic acid groups (broad SMARTS) is 1. The topological polar surface area (TPSA) is 49.4 Å². The SMILES string of the molecule is CCCOc1cccc(C(=O)[O-])c1. The van der Waals surface area contributed by atoms with E-state index in [0.29, 0.717) is 12.4 Å². The summed E-state index contributed by atoms with van der Waals surface area (Å²) in [6, 6.07) is 6.30. The first kappa shape index (κ1) is 9.58. The van der Waals surface area contributed by atoms with Crippen molar-refractivity contribution in [2.24, 2.45) is 0 Å². The molecule has 0 saturated carbocycles. The molecule has 1 aromatic carbocycles. The van der Waals surface area contributed by atoms with Gasteiger partial charge in [-0.2, -0.15) is 0 Å². The smallest absolute Gasteiger partial charge is 0.119 e. The lowest BCUT2D eigenvalue weighted by atomic mass is 10.2. The van der Waals surface area contributed by atoms with E-state index in [-0.39, 0.29) is 5.56 Å². The van der Waals surface area contributed by atoms with E-state index in [9.17, 15) is 9.90 Å². The molecule has 0 atom stereocenters. The average Bonchev–Trinajstić information content (AvgIpc) is 2.15. The van der Waals surface area contributed by atoms with Crippen LogP contribution < -0.4 is 9.84 Å². The zero-order chi connectivity index (χ0) is 9.68. The Kier molecular flexibility index (Phi) is 3.31. The number of rotatable bonds is 4. The molecule has 0 unspecified atom stereocenters. The molecule has 0 aromatic heterocycles. The highest BCUT2D eigenvalue weighted by molar-refractivity contribution is 5.86. The Labute approximate surface area is 77.0 Å². The Bertz CT molecular complexity index is 294. The van der Waals surface area contributed by atoms with Gasteiger partial charge in [0.05, 0.1) is 12.6 Å². The van der Waals surface area contributed by atoms with Crippen LogP contribution in [0.4, 0.5) is 0 Å². The first-order chi connectivity index (χ1) is 6.24. The predicted molar refractivity (Wildman–Crippen MR) is 46.6 cm³/mol. The van der Waals surface area contributed by atoms with Crippen LogP contribution in [0.25, 0.3) is 0 Å². The average molecular weight is 179 g/mol. The number of carbonyl (C=O) groups is 1. The van der Waals surface area contributed by atoms with Gasteiger partial charge in [0.2, 0.25) is 0 Å². The first-order valence-corrected chi connectivity index (χ1v) is 4.18. The molecule has 3 heteroatoms. The van der Waals surface area contributed by atoms with Crippen LogP contribution in [0.5, 0.6) is 5.75 Å². The molecule has 0 aliphatic rings. The summed E-state index contributed by atoms with van der Waals surface area (Å²) in [5, 5.41) is 10.5. The van der Waals surface area contributed by atoms with Crippen molar-refractivity contribution in [1.82, 2.24) is 0 Å². The van der Waals surface area contributed by atoms with Crippen LogP contribution in [0.1, 0.15) is 23.7 Å². The molecule has 0 heterocycles. The van der Waals surface area contributed by atoms with Crippen LogP contribution in [0.15, 0.2) is 24.3 Å². The number of aromatic carboxylic acids is 1. The second-order valence-electron chi connectivity index (χ2n) is 2.66. The molecular formula is C10H11O3-. The maximum atomic E-state index is 10.5. The zero-order valence-corrected chi connectivity index (χ0v) is 7.45. The standard InChI is InChI=1S/C10H12O3/c1-2-6-13-9-5-3-4-8(7-9)10(11)12/h3-5,7H,2,6H2,1H3,(H,11,12)/p-1. The van der Waals surface area contributed by atoms with Crippen molar-refractivity contribution in [1.29, 1.82) is 0 Å². The lowest BCUT2D eigenvalue weighted by Gasteiger charge is -2.06. The molecule has 0 bridgehead atoms. The molecule has 1 rings (SSSR count). The second kappa shape index (κ2) is 4.50. The molecule has 3 nitrogen and oxygen atoms in total. The van der Waals surface area contributed by atoms with Crippen molar-refractivity contribution < 1.29 is 14.6 Å². The Morgan fingerprint density at radius 3 is 2.92 bits per heavy atom. The zero-order valence-electron chi connectivity index (χ0n) is 7.45. The van der Waals surface area contributed by atoms with Gasteiger partial charge in [0.15, 0.2) is 0 Å². The van der Waals surface area contributed by atoms with Crippen LogP contribution in [-0.4, -0.2) is 12.6 Å². The Hall–Kier alpha value is -1.51. The van der Waals surface area contributed by atoms with Gasteiger partial charge >= 0.3 is 0 Å². The third-order valence-electron chi connectivity index (χ3n) is 1.54. The Balaban J connectivity index is 2.73. The summed E-state index contributed by atoms with van der Waals surface area (Å²) < 4.78 is 5.25. The summed E-state index contributed by atoms with van der Waals surface area (Å²) in [5.74, 6) is -0.606. The quantitative estimate of drug-likeness (QED) is 0.688. The summed E-state index contributed by atoms with van der Waals surface area (Å²) >= 11 is 0. The molecule has 0 aliphatic heterocycles. The third kappa shape index (κ3) is 2.78. The monoisotopic (exact) mass is 179 g/mol. The lowest BCUT2D eigenvalue weighted by molar-refractivity contribution is -0.255. The fourth-order valence-electron chi connectivity index (χ4n) is 0.933. The van der Waals surface area contributed by atoms with Crippen LogP contribution >= 0.6 is 0 Å². The molecule has 0 aliphatic carbocycles. The molecular weight excluding hydrogens is 168 g/mol. The largest absolute Gasteiger partial charge is 0.545 e. The minimum atomic E-state index is -1.18. The van der Waals surface area contributed by atoms with E-state index in [0.717, 1.165) is 6.42 Å². The minimum Gasteiger partial charge on any atom is -0.545 e. The van der Waals surface area contributed by atoms with E-state index >= 15 is 0 Å². The van der Waals surface area contributed by atoms with Crippen molar-refractivity contribution >= 4 is 5.97 Å². The normalized spacial score (nSPS) is 9.62. The van der Waals surface area contributed by atoms with E-state index < -0.39 is 5.97 Å². The van der Waals surface area contributed by atoms with Crippen LogP contribution in [-0.2, 0) is 0 Å². The van der Waals surface area contributed by atoms with Crippen LogP contribution in [0.3, 0.4) is 0 Å². The molecule has 13 heavy (non-hydrogen) atoms. The van der Waals surface area contributed by atoms with Crippen molar-refractivity contribution in [2.45, 2.75) is 13.3 Å². The van der Waals surface area contributed by atoms with Gasteiger partial charge in [-0.05, 0) is 18.6 Å². The van der Waals surface area contributed by atoms with E-state index in [2.05, 4.69) is 0 Å². The first-order valence-electron chi connectivity index (χ1n) is 4.18. The highest BCUT2D eigenvalue weighted by atomic mass is 16.5. The van der Waals surface area contributed by atoms with Gasteiger partial charge in [0, 0.05) is 5.56 Å². The van der Waals surface area contributed by atoms with E-state index in [1.165, 1.54) is 12.1 Å². The van der Waals surface area contributed by atoms with Crippen LogP contribution in [0.2, 0.25) is 0 Å². The van der Waals surface area contributed by atoms with Gasteiger partial charge in [-0.3, -0.25) is 0 Å². The molecule has 0 saturated heterocycles. The third-order valence-corrected chi connectivity index (χ3v) is 1.54. The fourth-order valence-corrected chi connectivity index (χ4v) is 0.933. The van der Waals surface area contributed by atoms with Gasteiger partial charge in [-0.25, -0.2) is 0 Å². The van der Waals surface area contributed by atoms with Gasteiger partial charge in [-0.15, -0.1) is 0 Å². The van der Waals surface area contributed by atoms with Gasteiger partial charge < -0.3 is 14.6 Å². The fraction of sp³-hybridized carbons (Fsp3) is 0.300. The number of hydrogen-bond acceptors (Lipinski definition) is 3. The maximum Gasteiger partial charge on any atom is 0.119 e. The Morgan fingerprint density at radius 1 is 1.54 bits per heavy atom. The number of carboxylic acids is 1. The van der Waals surface area contributed by atoms with E-state index in [1.54, 1.807) is 12.1 Å². The second-order valence-corrected chi connectivity index (χ2v) is 2.66. The van der Waals surface area contributed by atoms with Gasteiger partial charge in [-0.1, -0.05) is 19.1 Å². The lowest BCUT2D eigenvalue weighted by Crippen LogP contribution is -2.22. The highest BCUT2D eigenvalue weighted by Crippen LogP contribution is 2.12. The summed E-state index contributed by atoms with van der Waals surface area (Å²) in [6.45, 7) is 2.58. The molecule has 0 amide bonds. The molecule has 0 radical (unpaired) electrons. The van der Waals surface area contributed by atoms with Crippen molar-refractivity contribution in [3.63, 3.8) is 0 Å².